The molecule has 0 aromatic heterocycles. The van der Waals surface area contributed by atoms with Crippen LogP contribution in [-0.2, 0) is 4.74 Å². The van der Waals surface area contributed by atoms with Gasteiger partial charge < -0.3 is 10.1 Å². The van der Waals surface area contributed by atoms with Crippen molar-refractivity contribution in [3.63, 3.8) is 0 Å². The van der Waals surface area contributed by atoms with Gasteiger partial charge in [-0.2, -0.15) is 0 Å². The van der Waals surface area contributed by atoms with Crippen LogP contribution < -0.4 is 5.32 Å². The van der Waals surface area contributed by atoms with E-state index in [1.54, 1.807) is 20.8 Å². The molecule has 0 saturated heterocycles. The number of benzene rings is 1. The number of halogens is 2. The van der Waals surface area contributed by atoms with E-state index in [-0.39, 0.29) is 5.56 Å². The molecule has 3 nitrogen and oxygen atoms in total. The van der Waals surface area contributed by atoms with Crippen LogP contribution in [0.2, 0.25) is 0 Å². The molecule has 1 aromatic rings. The molecule has 0 saturated carbocycles. The fraction of sp³-hybridized carbons (Fsp3) is 0.357. The van der Waals surface area contributed by atoms with Gasteiger partial charge in [-0.25, -0.2) is 13.6 Å². The zero-order valence-electron chi connectivity index (χ0n) is 11.0. The van der Waals surface area contributed by atoms with E-state index in [1.165, 1.54) is 0 Å². The number of amides is 1. The van der Waals surface area contributed by atoms with Gasteiger partial charge in [0.15, 0.2) is 0 Å². The summed E-state index contributed by atoms with van der Waals surface area (Å²) in [5.41, 5.74) is -0.540. The summed E-state index contributed by atoms with van der Waals surface area (Å²) in [6, 6.07) is 1.89. The Kier molecular flexibility index (Phi) is 4.49. The molecule has 1 amide bonds. The van der Waals surface area contributed by atoms with Crippen molar-refractivity contribution in [2.45, 2.75) is 32.4 Å². The number of terminal acetylenes is 1. The summed E-state index contributed by atoms with van der Waals surface area (Å²) in [4.78, 5) is 11.6. The van der Waals surface area contributed by atoms with Gasteiger partial charge >= 0.3 is 6.09 Å². The maximum absolute atomic E-state index is 13.1. The van der Waals surface area contributed by atoms with E-state index < -0.39 is 29.4 Å². The molecule has 1 atom stereocenters. The number of alkyl carbamates (subject to hydrolysis) is 1. The van der Waals surface area contributed by atoms with Crippen LogP contribution in [0.5, 0.6) is 0 Å². The summed E-state index contributed by atoms with van der Waals surface area (Å²) in [6.07, 6.45) is 4.50. The maximum Gasteiger partial charge on any atom is 0.408 e. The van der Waals surface area contributed by atoms with Crippen molar-refractivity contribution in [3.05, 3.63) is 35.4 Å². The number of ether oxygens (including phenoxy) is 1. The lowest BCUT2D eigenvalue weighted by atomic mass is 10.1. The van der Waals surface area contributed by atoms with Crippen LogP contribution in [0, 0.1) is 24.0 Å². The number of rotatable bonds is 2. The van der Waals surface area contributed by atoms with Gasteiger partial charge in [0.25, 0.3) is 0 Å². The molecule has 0 radical (unpaired) electrons. The SMILES string of the molecule is C#C[C@H](NC(=O)OC(C)(C)C)c1cc(F)cc(F)c1. The second kappa shape index (κ2) is 5.70. The van der Waals surface area contributed by atoms with Gasteiger partial charge in [-0.15, -0.1) is 6.42 Å². The zero-order chi connectivity index (χ0) is 14.6. The van der Waals surface area contributed by atoms with Crippen LogP contribution >= 0.6 is 0 Å². The minimum absolute atomic E-state index is 0.144. The van der Waals surface area contributed by atoms with E-state index in [4.69, 9.17) is 11.2 Å². The largest absolute Gasteiger partial charge is 0.444 e. The molecular formula is C14H15F2NO2. The molecule has 0 fully saturated rings. The molecule has 102 valence electrons. The van der Waals surface area contributed by atoms with Gasteiger partial charge in [0.2, 0.25) is 0 Å². The van der Waals surface area contributed by atoms with Crippen LogP contribution in [-0.4, -0.2) is 11.7 Å². The summed E-state index contributed by atoms with van der Waals surface area (Å²) in [5.74, 6) is 0.719. The van der Waals surface area contributed by atoms with Crippen molar-refractivity contribution in [2.24, 2.45) is 0 Å². The van der Waals surface area contributed by atoms with Crippen molar-refractivity contribution in [1.82, 2.24) is 5.32 Å². The summed E-state index contributed by atoms with van der Waals surface area (Å²) in [5, 5.41) is 2.36. The summed E-state index contributed by atoms with van der Waals surface area (Å²) >= 11 is 0. The second-order valence-corrected chi connectivity index (χ2v) is 4.95. The summed E-state index contributed by atoms with van der Waals surface area (Å²) in [6.45, 7) is 5.08. The van der Waals surface area contributed by atoms with Crippen molar-refractivity contribution in [2.75, 3.05) is 0 Å². The number of nitrogens with one attached hydrogen (secondary N) is 1. The van der Waals surface area contributed by atoms with Crippen molar-refractivity contribution in [1.29, 1.82) is 0 Å². The van der Waals surface area contributed by atoms with Gasteiger partial charge in [0.05, 0.1) is 0 Å². The monoisotopic (exact) mass is 267 g/mol. The quantitative estimate of drug-likeness (QED) is 0.836. The number of hydrogen-bond acceptors (Lipinski definition) is 2. The standard InChI is InChI=1S/C14H15F2NO2/c1-5-12(17-13(18)19-14(2,3)4)9-6-10(15)8-11(16)7-9/h1,6-8,12H,2-4H3,(H,17,18)/t12-/m0/s1. The first kappa shape index (κ1) is 15.0. The lowest BCUT2D eigenvalue weighted by Crippen LogP contribution is -2.34. The topological polar surface area (TPSA) is 38.3 Å². The van der Waals surface area contributed by atoms with Crippen LogP contribution in [0.4, 0.5) is 13.6 Å². The molecule has 1 N–H and O–H groups in total. The Hall–Kier alpha value is -2.09. The molecule has 0 spiro atoms. The smallest absolute Gasteiger partial charge is 0.408 e. The molecule has 0 heterocycles. The lowest BCUT2D eigenvalue weighted by Gasteiger charge is -2.21. The predicted octanol–water partition coefficient (Wildman–Crippen LogP) is 3.16. The minimum Gasteiger partial charge on any atom is -0.444 e. The average Bonchev–Trinajstić information content (AvgIpc) is 2.21. The van der Waals surface area contributed by atoms with Crippen molar-refractivity contribution < 1.29 is 18.3 Å². The molecule has 19 heavy (non-hydrogen) atoms. The highest BCUT2D eigenvalue weighted by Crippen LogP contribution is 2.17. The first-order valence-electron chi connectivity index (χ1n) is 5.63. The molecule has 0 unspecified atom stereocenters. The second-order valence-electron chi connectivity index (χ2n) is 4.95. The third kappa shape index (κ3) is 4.96. The zero-order valence-corrected chi connectivity index (χ0v) is 11.0. The fourth-order valence-electron chi connectivity index (χ4n) is 1.39. The summed E-state index contributed by atoms with van der Waals surface area (Å²) < 4.78 is 31.2. The van der Waals surface area contributed by atoms with Crippen LogP contribution in [0.25, 0.3) is 0 Å². The first-order valence-corrected chi connectivity index (χ1v) is 5.63. The average molecular weight is 267 g/mol. The Morgan fingerprint density at radius 2 is 1.84 bits per heavy atom. The lowest BCUT2D eigenvalue weighted by molar-refractivity contribution is 0.0515. The third-order valence-corrected chi connectivity index (χ3v) is 2.05. The molecule has 0 aliphatic rings. The van der Waals surface area contributed by atoms with Crippen LogP contribution in [0.3, 0.4) is 0 Å². The van der Waals surface area contributed by atoms with Gasteiger partial charge in [-0.1, -0.05) is 5.92 Å². The minimum atomic E-state index is -0.958. The van der Waals surface area contributed by atoms with E-state index in [9.17, 15) is 13.6 Å². The Morgan fingerprint density at radius 1 is 1.32 bits per heavy atom. The Morgan fingerprint density at radius 3 is 2.26 bits per heavy atom. The highest BCUT2D eigenvalue weighted by Gasteiger charge is 2.20. The summed E-state index contributed by atoms with van der Waals surface area (Å²) in [7, 11) is 0. The molecule has 5 heteroatoms. The fourth-order valence-corrected chi connectivity index (χ4v) is 1.39. The Labute approximate surface area is 111 Å². The molecule has 0 aliphatic carbocycles. The van der Waals surface area contributed by atoms with Gasteiger partial charge in [-0.05, 0) is 38.5 Å². The molecule has 0 bridgehead atoms. The predicted molar refractivity (Wildman–Crippen MR) is 67.3 cm³/mol. The highest BCUT2D eigenvalue weighted by atomic mass is 19.1. The highest BCUT2D eigenvalue weighted by molar-refractivity contribution is 5.69. The van der Waals surface area contributed by atoms with E-state index in [2.05, 4.69) is 11.2 Å². The number of carbonyl (C=O) groups is 1. The third-order valence-electron chi connectivity index (χ3n) is 2.05. The Bertz CT molecular complexity index is 495. The first-order chi connectivity index (χ1) is 8.71. The van der Waals surface area contributed by atoms with Gasteiger partial charge in [-0.3, -0.25) is 0 Å². The maximum atomic E-state index is 13.1. The molecule has 0 aliphatic heterocycles. The van der Waals surface area contributed by atoms with Crippen molar-refractivity contribution in [3.8, 4) is 12.3 Å². The van der Waals surface area contributed by atoms with Gasteiger partial charge in [0, 0.05) is 6.07 Å². The van der Waals surface area contributed by atoms with Crippen LogP contribution in [0.1, 0.15) is 32.4 Å². The van der Waals surface area contributed by atoms with Crippen LogP contribution in [0.15, 0.2) is 18.2 Å². The number of carbonyl (C=O) groups excluding carboxylic acids is 1. The van der Waals surface area contributed by atoms with Gasteiger partial charge in [0.1, 0.15) is 23.3 Å². The molecular weight excluding hydrogens is 252 g/mol. The normalized spacial score (nSPS) is 12.4. The van der Waals surface area contributed by atoms with E-state index in [1.807, 2.05) is 0 Å². The molecule has 1 rings (SSSR count). The molecule has 1 aromatic carbocycles. The number of hydrogen-bond donors (Lipinski definition) is 1. The van der Waals surface area contributed by atoms with E-state index in [0.717, 1.165) is 18.2 Å². The van der Waals surface area contributed by atoms with E-state index >= 15 is 0 Å². The Balaban J connectivity index is 2.85. The van der Waals surface area contributed by atoms with Crippen molar-refractivity contribution >= 4 is 6.09 Å². The van der Waals surface area contributed by atoms with E-state index in [0.29, 0.717) is 0 Å².